The second-order valence-electron chi connectivity index (χ2n) is 7.51. The molecule has 0 aliphatic rings. The largest absolute Gasteiger partial charge is 0.461 e. The Hall–Kier alpha value is -4.28. The van der Waals surface area contributed by atoms with Crippen LogP contribution in [-0.4, -0.2) is 38.2 Å². The number of fused-ring (bicyclic) bond motifs is 1. The quantitative estimate of drug-likeness (QED) is 0.388. The third-order valence-corrected chi connectivity index (χ3v) is 5.07. The van der Waals surface area contributed by atoms with Crippen molar-refractivity contribution in [3.05, 3.63) is 83.2 Å². The summed E-state index contributed by atoms with van der Waals surface area (Å²) in [5.74, 6) is -1.68. The van der Waals surface area contributed by atoms with Crippen molar-refractivity contribution >= 4 is 28.9 Å². The molecule has 0 fully saturated rings. The van der Waals surface area contributed by atoms with Gasteiger partial charge in [0.25, 0.3) is 5.91 Å². The van der Waals surface area contributed by atoms with Crippen LogP contribution in [0.15, 0.2) is 60.8 Å². The maximum Gasteiger partial charge on any atom is 0.416 e. The topological polar surface area (TPSA) is 99.0 Å². The smallest absolute Gasteiger partial charge is 0.416 e. The number of hydrogen-bond donors (Lipinski definition) is 1. The van der Waals surface area contributed by atoms with Gasteiger partial charge in [-0.05, 0) is 43.2 Å². The Morgan fingerprint density at radius 2 is 1.74 bits per heavy atom. The van der Waals surface area contributed by atoms with Crippen LogP contribution in [0.3, 0.4) is 0 Å². The van der Waals surface area contributed by atoms with E-state index in [9.17, 15) is 22.8 Å². The number of nitrogens with zero attached hydrogens (tertiary/aromatic N) is 4. The number of carbonyl (C=O) groups is 2. The fraction of sp³-hybridized carbons (Fsp3) is 0.208. The highest BCUT2D eigenvalue weighted by Crippen LogP contribution is 2.29. The van der Waals surface area contributed by atoms with Crippen molar-refractivity contribution in [1.82, 2.24) is 19.7 Å². The fourth-order valence-electron chi connectivity index (χ4n) is 3.35. The molecule has 2 heterocycles. The highest BCUT2D eigenvalue weighted by Gasteiger charge is 2.30. The molecule has 0 saturated carbocycles. The summed E-state index contributed by atoms with van der Waals surface area (Å²) >= 11 is 0. The molecule has 4 rings (SSSR count). The normalized spacial score (nSPS) is 11.4. The number of ether oxygens (including phenoxy) is 1. The molecule has 0 spiro atoms. The van der Waals surface area contributed by atoms with Crippen molar-refractivity contribution in [2.75, 3.05) is 11.9 Å². The van der Waals surface area contributed by atoms with Gasteiger partial charge in [-0.3, -0.25) is 14.8 Å². The van der Waals surface area contributed by atoms with Crippen LogP contribution in [0.25, 0.3) is 11.0 Å². The van der Waals surface area contributed by atoms with E-state index in [2.05, 4.69) is 20.4 Å². The number of carbonyl (C=O) groups excluding carboxylic acids is 2. The first-order chi connectivity index (χ1) is 16.7. The number of nitrogens with one attached hydrogen (secondary N) is 1. The summed E-state index contributed by atoms with van der Waals surface area (Å²) in [6, 6.07) is 13.5. The van der Waals surface area contributed by atoms with E-state index in [1.54, 1.807) is 17.8 Å². The first-order valence-electron chi connectivity index (χ1n) is 10.7. The zero-order valence-corrected chi connectivity index (χ0v) is 18.5. The minimum Gasteiger partial charge on any atom is -0.461 e. The van der Waals surface area contributed by atoms with E-state index < -0.39 is 23.6 Å². The van der Waals surface area contributed by atoms with Gasteiger partial charge in [-0.25, -0.2) is 9.78 Å². The monoisotopic (exact) mass is 483 g/mol. The molecule has 0 bridgehead atoms. The third-order valence-electron chi connectivity index (χ3n) is 5.07. The van der Waals surface area contributed by atoms with E-state index in [-0.39, 0.29) is 29.5 Å². The number of halogens is 3. The Bertz CT molecular complexity index is 1350. The first kappa shape index (κ1) is 23.9. The van der Waals surface area contributed by atoms with Gasteiger partial charge in [0.1, 0.15) is 0 Å². The van der Waals surface area contributed by atoms with Gasteiger partial charge in [0.15, 0.2) is 11.3 Å². The molecule has 35 heavy (non-hydrogen) atoms. The van der Waals surface area contributed by atoms with Crippen molar-refractivity contribution in [3.63, 3.8) is 0 Å². The predicted octanol–water partition coefficient (Wildman–Crippen LogP) is 4.52. The number of rotatable bonds is 7. The molecule has 180 valence electrons. The minimum atomic E-state index is -4.52. The average molecular weight is 483 g/mol. The second-order valence-corrected chi connectivity index (χ2v) is 7.51. The average Bonchev–Trinajstić information content (AvgIpc) is 3.25. The molecule has 2 aromatic heterocycles. The van der Waals surface area contributed by atoms with E-state index in [0.717, 1.165) is 29.8 Å². The van der Waals surface area contributed by atoms with E-state index >= 15 is 0 Å². The lowest BCUT2D eigenvalue weighted by Gasteiger charge is -2.08. The Morgan fingerprint density at radius 1 is 1.03 bits per heavy atom. The summed E-state index contributed by atoms with van der Waals surface area (Å²) in [5, 5.41) is 7.16. The number of alkyl halides is 3. The number of anilines is 1. The highest BCUT2D eigenvalue weighted by molar-refractivity contribution is 6.05. The zero-order chi connectivity index (χ0) is 25.0. The lowest BCUT2D eigenvalue weighted by molar-refractivity contribution is -0.137. The molecule has 2 aromatic carbocycles. The molecular weight excluding hydrogens is 463 g/mol. The number of aromatic nitrogens is 4. The van der Waals surface area contributed by atoms with Gasteiger partial charge in [0.05, 0.1) is 17.6 Å². The van der Waals surface area contributed by atoms with Gasteiger partial charge in [0.2, 0.25) is 5.95 Å². The number of aryl methyl sites for hydroxylation is 2. The molecule has 8 nitrogen and oxygen atoms in total. The van der Waals surface area contributed by atoms with Gasteiger partial charge in [-0.1, -0.05) is 30.3 Å². The van der Waals surface area contributed by atoms with Gasteiger partial charge in [-0.2, -0.15) is 23.3 Å². The van der Waals surface area contributed by atoms with Crippen LogP contribution in [0.1, 0.15) is 38.9 Å². The first-order valence-corrected chi connectivity index (χ1v) is 10.7. The van der Waals surface area contributed by atoms with E-state index in [1.165, 1.54) is 0 Å². The van der Waals surface area contributed by atoms with E-state index in [4.69, 9.17) is 4.74 Å². The van der Waals surface area contributed by atoms with Gasteiger partial charge < -0.3 is 4.74 Å². The number of hydrogen-bond acceptors (Lipinski definition) is 6. The number of esters is 1. The SMILES string of the molecule is CCOC(=O)c1nc(NC(=O)c2ccc(C(F)(F)F)cc2)nc2nn(CCc3ccccc3)cc12. The molecule has 1 amide bonds. The maximum absolute atomic E-state index is 12.8. The van der Waals surface area contributed by atoms with Crippen LogP contribution >= 0.6 is 0 Å². The Kier molecular flexibility index (Phi) is 6.76. The number of benzene rings is 2. The molecule has 11 heteroatoms. The summed E-state index contributed by atoms with van der Waals surface area (Å²) in [4.78, 5) is 33.4. The highest BCUT2D eigenvalue weighted by atomic mass is 19.4. The van der Waals surface area contributed by atoms with Gasteiger partial charge >= 0.3 is 12.1 Å². The standard InChI is InChI=1S/C24H20F3N5O3/c1-2-35-22(34)19-18-14-32(13-12-15-6-4-3-5-7-15)31-20(18)29-23(28-19)30-21(33)16-8-10-17(11-9-16)24(25,26)27/h3-11,14H,2,12-13H2,1H3,(H,29,30,31,33). The van der Waals surface area contributed by atoms with Gasteiger partial charge in [-0.15, -0.1) is 0 Å². The molecule has 1 N–H and O–H groups in total. The summed E-state index contributed by atoms with van der Waals surface area (Å²) in [5.41, 5.74) is 0.280. The Labute approximate surface area is 197 Å². The van der Waals surface area contributed by atoms with Crippen molar-refractivity contribution in [1.29, 1.82) is 0 Å². The van der Waals surface area contributed by atoms with Crippen molar-refractivity contribution < 1.29 is 27.5 Å². The van der Waals surface area contributed by atoms with Crippen LogP contribution in [0.5, 0.6) is 0 Å². The molecule has 0 atom stereocenters. The van der Waals surface area contributed by atoms with Crippen molar-refractivity contribution in [2.24, 2.45) is 0 Å². The van der Waals surface area contributed by atoms with Gasteiger partial charge in [0, 0.05) is 18.3 Å². The maximum atomic E-state index is 12.8. The van der Waals surface area contributed by atoms with Crippen LogP contribution in [-0.2, 0) is 23.9 Å². The van der Waals surface area contributed by atoms with E-state index in [0.29, 0.717) is 18.4 Å². The third kappa shape index (κ3) is 5.62. The molecule has 0 saturated heterocycles. The van der Waals surface area contributed by atoms with Crippen LogP contribution in [0.2, 0.25) is 0 Å². The summed E-state index contributed by atoms with van der Waals surface area (Å²) in [7, 11) is 0. The lowest BCUT2D eigenvalue weighted by atomic mass is 10.1. The molecule has 0 aliphatic carbocycles. The summed E-state index contributed by atoms with van der Waals surface area (Å²) < 4.78 is 45.0. The zero-order valence-electron chi connectivity index (χ0n) is 18.5. The summed E-state index contributed by atoms with van der Waals surface area (Å²) in [6.45, 7) is 2.27. The minimum absolute atomic E-state index is 0.0345. The molecule has 0 unspecified atom stereocenters. The van der Waals surface area contributed by atoms with Crippen molar-refractivity contribution in [2.45, 2.75) is 26.1 Å². The van der Waals surface area contributed by atoms with E-state index in [1.807, 2.05) is 30.3 Å². The molecule has 0 aliphatic heterocycles. The molecule has 4 aromatic rings. The molecular formula is C24H20F3N5O3. The lowest BCUT2D eigenvalue weighted by Crippen LogP contribution is -2.17. The Morgan fingerprint density at radius 3 is 2.40 bits per heavy atom. The van der Waals surface area contributed by atoms with Crippen LogP contribution in [0, 0.1) is 0 Å². The van der Waals surface area contributed by atoms with Crippen LogP contribution in [0.4, 0.5) is 19.1 Å². The molecule has 0 radical (unpaired) electrons. The fourth-order valence-corrected chi connectivity index (χ4v) is 3.35. The summed E-state index contributed by atoms with van der Waals surface area (Å²) in [6.07, 6.45) is -2.20. The Balaban J connectivity index is 1.60. The van der Waals surface area contributed by atoms with Crippen molar-refractivity contribution in [3.8, 4) is 0 Å². The number of amides is 1. The van der Waals surface area contributed by atoms with Crippen LogP contribution < -0.4 is 5.32 Å². The predicted molar refractivity (Wildman–Crippen MR) is 121 cm³/mol. The second kappa shape index (κ2) is 9.92.